The highest BCUT2D eigenvalue weighted by Crippen LogP contribution is 2.28. The highest BCUT2D eigenvalue weighted by molar-refractivity contribution is 7.99. The Morgan fingerprint density at radius 3 is 2.54 bits per heavy atom. The summed E-state index contributed by atoms with van der Waals surface area (Å²) in [7, 11) is 0. The zero-order valence-electron chi connectivity index (χ0n) is 23.9. The van der Waals surface area contributed by atoms with E-state index < -0.39 is 6.04 Å². The van der Waals surface area contributed by atoms with E-state index in [1.165, 1.54) is 37.7 Å². The number of amides is 2. The van der Waals surface area contributed by atoms with Crippen molar-refractivity contribution in [1.29, 1.82) is 0 Å². The first-order valence-corrected chi connectivity index (χ1v) is 16.8. The molecule has 2 saturated heterocycles. The summed E-state index contributed by atoms with van der Waals surface area (Å²) in [6, 6.07) is 13.7. The van der Waals surface area contributed by atoms with Gasteiger partial charge in [0.05, 0.1) is 22.5 Å². The minimum absolute atomic E-state index is 0.109. The van der Waals surface area contributed by atoms with E-state index in [9.17, 15) is 9.59 Å². The van der Waals surface area contributed by atoms with Gasteiger partial charge in [-0.25, -0.2) is 0 Å². The van der Waals surface area contributed by atoms with Crippen molar-refractivity contribution in [2.75, 3.05) is 24.7 Å². The highest BCUT2D eigenvalue weighted by atomic mass is 32.2. The van der Waals surface area contributed by atoms with Crippen LogP contribution in [0.25, 0.3) is 0 Å². The van der Waals surface area contributed by atoms with E-state index in [0.717, 1.165) is 50.3 Å². The van der Waals surface area contributed by atoms with Crippen molar-refractivity contribution in [3.63, 3.8) is 0 Å². The lowest BCUT2D eigenvalue weighted by molar-refractivity contribution is -0.124. The summed E-state index contributed by atoms with van der Waals surface area (Å²) in [5.74, 6) is 1.54. The van der Waals surface area contributed by atoms with Crippen LogP contribution in [0.1, 0.15) is 73.7 Å². The van der Waals surface area contributed by atoms with Crippen molar-refractivity contribution in [3.05, 3.63) is 66.0 Å². The average molecular weight is 594 g/mol. The number of pyridine rings is 1. The van der Waals surface area contributed by atoms with Crippen LogP contribution in [0.15, 0.2) is 54.9 Å². The predicted molar refractivity (Wildman–Crippen MR) is 170 cm³/mol. The molecular weight excluding hydrogens is 551 g/mol. The van der Waals surface area contributed by atoms with Crippen LogP contribution >= 0.6 is 24.0 Å². The van der Waals surface area contributed by atoms with Gasteiger partial charge in [-0.2, -0.15) is 0 Å². The molecule has 1 aromatic heterocycles. The topological polar surface area (TPSA) is 77.6 Å². The maximum absolute atomic E-state index is 13.6. The summed E-state index contributed by atoms with van der Waals surface area (Å²) in [6.07, 6.45) is 13.7. The first-order valence-electron chi connectivity index (χ1n) is 15.2. The van der Waals surface area contributed by atoms with Crippen molar-refractivity contribution >= 4 is 40.8 Å². The molecule has 2 aliphatic heterocycles. The minimum Gasteiger partial charge on any atom is -0.375 e. The van der Waals surface area contributed by atoms with Gasteiger partial charge in [0.1, 0.15) is 6.04 Å². The third-order valence-corrected chi connectivity index (χ3v) is 10.2. The number of carbonyl (C=O) groups is 2. The largest absolute Gasteiger partial charge is 0.375 e. The molecule has 1 aliphatic carbocycles. The molecule has 0 spiro atoms. The molecule has 0 unspecified atom stereocenters. The number of piperidine rings is 1. The SMILES string of the molecule is O=C(N[C@H](CCC1CCCCC1)C(=S)NC1CCN(Cc2ccccc2)CC1)[C@@H]1CSCN1C(=O)c1cccnc1. The first-order chi connectivity index (χ1) is 20.1. The number of carbonyl (C=O) groups excluding carboxylic acids is 2. The van der Waals surface area contributed by atoms with Crippen LogP contribution in [0.3, 0.4) is 0 Å². The van der Waals surface area contributed by atoms with Gasteiger partial charge in [0.25, 0.3) is 5.91 Å². The highest BCUT2D eigenvalue weighted by Gasteiger charge is 2.37. The Morgan fingerprint density at radius 2 is 1.80 bits per heavy atom. The Bertz CT molecular complexity index is 1140. The number of hydrogen-bond acceptors (Lipinski definition) is 6. The Morgan fingerprint density at radius 1 is 1.02 bits per heavy atom. The van der Waals surface area contributed by atoms with Crippen LogP contribution in [0.5, 0.6) is 0 Å². The first kappa shape index (κ1) is 30.0. The van der Waals surface area contributed by atoms with Crippen molar-refractivity contribution < 1.29 is 9.59 Å². The van der Waals surface area contributed by atoms with E-state index in [4.69, 9.17) is 12.2 Å². The van der Waals surface area contributed by atoms with Crippen molar-refractivity contribution in [1.82, 2.24) is 25.4 Å². The molecule has 7 nitrogen and oxygen atoms in total. The van der Waals surface area contributed by atoms with E-state index in [1.807, 2.05) is 0 Å². The Hall–Kier alpha value is -2.49. The number of nitrogens with zero attached hydrogens (tertiary/aromatic N) is 3. The number of rotatable bonds is 10. The monoisotopic (exact) mass is 593 g/mol. The molecule has 3 fully saturated rings. The van der Waals surface area contributed by atoms with E-state index in [1.54, 1.807) is 41.2 Å². The standard InChI is InChI=1S/C32H43N5O2S2/c38-30(29-22-41-23-37(29)32(39)26-12-7-17-33-20-26)35-28(14-13-24-8-3-1-4-9-24)31(40)34-27-15-18-36(19-16-27)21-25-10-5-2-6-11-25/h2,5-7,10-12,17,20,24,27-29H,1,3-4,8-9,13-16,18-19,21-23H2,(H,34,40)(H,35,38)/t28-,29+/m1/s1. The van der Waals surface area contributed by atoms with Gasteiger partial charge in [0.15, 0.2) is 0 Å². The maximum Gasteiger partial charge on any atom is 0.256 e. The number of aromatic nitrogens is 1. The normalized spacial score (nSPS) is 21.4. The van der Waals surface area contributed by atoms with Crippen LogP contribution in [0, 0.1) is 5.92 Å². The summed E-state index contributed by atoms with van der Waals surface area (Å²) in [5, 5.41) is 6.93. The average Bonchev–Trinajstić information content (AvgIpc) is 3.51. The number of likely N-dealkylation sites (tertiary alicyclic amines) is 1. The van der Waals surface area contributed by atoms with Crippen LogP contribution < -0.4 is 10.6 Å². The Kier molecular flexibility index (Phi) is 11.1. The lowest BCUT2D eigenvalue weighted by Gasteiger charge is -2.34. The summed E-state index contributed by atoms with van der Waals surface area (Å²) >= 11 is 7.59. The molecule has 0 radical (unpaired) electrons. The van der Waals surface area contributed by atoms with E-state index in [-0.39, 0.29) is 17.9 Å². The van der Waals surface area contributed by atoms with Gasteiger partial charge in [-0.3, -0.25) is 19.5 Å². The molecule has 2 aromatic rings. The number of thioether (sulfide) groups is 1. The fourth-order valence-electron chi connectivity index (χ4n) is 6.31. The van der Waals surface area contributed by atoms with Crippen LogP contribution in [0.2, 0.25) is 0 Å². The van der Waals surface area contributed by atoms with Crippen molar-refractivity contribution in [2.24, 2.45) is 5.92 Å². The molecule has 1 saturated carbocycles. The minimum atomic E-state index is -0.506. The van der Waals surface area contributed by atoms with Crippen LogP contribution in [0.4, 0.5) is 0 Å². The summed E-state index contributed by atoms with van der Waals surface area (Å²) < 4.78 is 0. The summed E-state index contributed by atoms with van der Waals surface area (Å²) in [5.41, 5.74) is 1.86. The van der Waals surface area contributed by atoms with Gasteiger partial charge in [0.2, 0.25) is 5.91 Å². The van der Waals surface area contributed by atoms with Gasteiger partial charge >= 0.3 is 0 Å². The number of hydrogen-bond donors (Lipinski definition) is 2. The molecular formula is C32H43N5O2S2. The quantitative estimate of drug-likeness (QED) is 0.375. The van der Waals surface area contributed by atoms with Gasteiger partial charge in [-0.05, 0) is 49.3 Å². The summed E-state index contributed by atoms with van der Waals surface area (Å²) in [6.45, 7) is 3.03. The second kappa shape index (κ2) is 15.1. The van der Waals surface area contributed by atoms with E-state index in [0.29, 0.717) is 29.2 Å². The third-order valence-electron chi connectivity index (χ3n) is 8.76. The van der Waals surface area contributed by atoms with Gasteiger partial charge < -0.3 is 15.5 Å². The number of benzene rings is 1. The lowest BCUT2D eigenvalue weighted by atomic mass is 9.85. The van der Waals surface area contributed by atoms with Crippen molar-refractivity contribution in [3.8, 4) is 0 Å². The van der Waals surface area contributed by atoms with Crippen LogP contribution in [-0.4, -0.2) is 74.4 Å². The second-order valence-corrected chi connectivity index (χ2v) is 13.2. The summed E-state index contributed by atoms with van der Waals surface area (Å²) in [4.78, 5) is 35.8. The fourth-order valence-corrected chi connectivity index (χ4v) is 7.81. The lowest BCUT2D eigenvalue weighted by Crippen LogP contribution is -2.55. The molecule has 2 atom stereocenters. The molecule has 9 heteroatoms. The molecule has 1 aromatic carbocycles. The molecule has 220 valence electrons. The third kappa shape index (κ3) is 8.52. The predicted octanol–water partition coefficient (Wildman–Crippen LogP) is 5.02. The smallest absolute Gasteiger partial charge is 0.256 e. The van der Waals surface area contributed by atoms with Gasteiger partial charge in [-0.1, -0.05) is 74.7 Å². The van der Waals surface area contributed by atoms with Crippen molar-refractivity contribution in [2.45, 2.75) is 82.5 Å². The molecule has 2 amide bonds. The molecule has 2 N–H and O–H groups in total. The zero-order chi connectivity index (χ0) is 28.4. The maximum atomic E-state index is 13.6. The fraction of sp³-hybridized carbons (Fsp3) is 0.562. The number of nitrogens with one attached hydrogen (secondary N) is 2. The van der Waals surface area contributed by atoms with Crippen LogP contribution in [-0.2, 0) is 11.3 Å². The number of thiocarbonyl (C=S) groups is 1. The molecule has 41 heavy (non-hydrogen) atoms. The molecule has 5 rings (SSSR count). The Labute approximate surface area is 254 Å². The zero-order valence-corrected chi connectivity index (χ0v) is 25.5. The Balaban J connectivity index is 1.18. The van der Waals surface area contributed by atoms with E-state index >= 15 is 0 Å². The molecule has 3 heterocycles. The second-order valence-electron chi connectivity index (χ2n) is 11.7. The molecule has 3 aliphatic rings. The van der Waals surface area contributed by atoms with Gasteiger partial charge in [0, 0.05) is 43.8 Å². The van der Waals surface area contributed by atoms with Gasteiger partial charge in [-0.15, -0.1) is 11.8 Å². The molecule has 0 bridgehead atoms. The van der Waals surface area contributed by atoms with E-state index in [2.05, 4.69) is 50.8 Å².